The molecule has 0 fully saturated rings. The van der Waals surface area contributed by atoms with Crippen molar-refractivity contribution in [3.63, 3.8) is 0 Å². The molecule has 0 atom stereocenters. The molecule has 0 unspecified atom stereocenters. The van der Waals surface area contributed by atoms with Crippen molar-refractivity contribution in [2.45, 2.75) is 20.8 Å². The lowest BCUT2D eigenvalue weighted by molar-refractivity contribution is 0.0777. The van der Waals surface area contributed by atoms with Crippen molar-refractivity contribution in [3.8, 4) is 10.6 Å². The lowest BCUT2D eigenvalue weighted by atomic mass is 10.2. The van der Waals surface area contributed by atoms with Crippen LogP contribution in [0.5, 0.6) is 0 Å². The summed E-state index contributed by atoms with van der Waals surface area (Å²) < 4.78 is 0. The van der Waals surface area contributed by atoms with Gasteiger partial charge in [0.1, 0.15) is 9.88 Å². The predicted octanol–water partition coefficient (Wildman–Crippen LogP) is 4.25. The Hall–Kier alpha value is -1.39. The van der Waals surface area contributed by atoms with Crippen molar-refractivity contribution in [3.05, 3.63) is 39.9 Å². The number of carbonyl (C=O) groups is 1. The first-order valence-corrected chi connectivity index (χ1v) is 7.78. The van der Waals surface area contributed by atoms with Crippen LogP contribution in [-0.4, -0.2) is 28.9 Å². The van der Waals surface area contributed by atoms with Crippen molar-refractivity contribution < 1.29 is 4.79 Å². The second-order valence-electron chi connectivity index (χ2n) is 4.42. The number of carbonyl (C=O) groups excluding carboxylic acids is 1. The zero-order chi connectivity index (χ0) is 14.7. The summed E-state index contributed by atoms with van der Waals surface area (Å²) in [7, 11) is 0. The third-order valence-corrected chi connectivity index (χ3v) is 4.58. The summed E-state index contributed by atoms with van der Waals surface area (Å²) in [5, 5.41) is 1.55. The van der Waals surface area contributed by atoms with Crippen molar-refractivity contribution in [1.82, 2.24) is 9.88 Å². The van der Waals surface area contributed by atoms with E-state index in [1.807, 2.05) is 49.9 Å². The van der Waals surface area contributed by atoms with E-state index in [9.17, 15) is 4.79 Å². The maximum atomic E-state index is 12.4. The minimum atomic E-state index is 0.0604. The monoisotopic (exact) mass is 308 g/mol. The smallest absolute Gasteiger partial charge is 0.265 e. The molecular weight excluding hydrogens is 292 g/mol. The number of aryl methyl sites for hydroxylation is 1. The summed E-state index contributed by atoms with van der Waals surface area (Å²) in [5.74, 6) is 0.0604. The van der Waals surface area contributed by atoms with Crippen molar-refractivity contribution >= 4 is 28.8 Å². The molecule has 1 amide bonds. The SMILES string of the molecule is CCN(CC)C(=O)c1sc(-c2ccc(Cl)cc2)nc1C. The van der Waals surface area contributed by atoms with Gasteiger partial charge in [-0.3, -0.25) is 4.79 Å². The molecule has 2 aromatic rings. The summed E-state index contributed by atoms with van der Waals surface area (Å²) in [4.78, 5) is 19.4. The number of thiazole rings is 1. The minimum absolute atomic E-state index is 0.0604. The topological polar surface area (TPSA) is 33.2 Å². The zero-order valence-corrected chi connectivity index (χ0v) is 13.4. The molecule has 0 aliphatic carbocycles. The standard InChI is InChI=1S/C15H17ClN2OS/c1-4-18(5-2)15(19)13-10(3)17-14(20-13)11-6-8-12(16)9-7-11/h6-9H,4-5H2,1-3H3. The Kier molecular flexibility index (Phi) is 4.78. The van der Waals surface area contributed by atoms with Gasteiger partial charge in [-0.25, -0.2) is 4.98 Å². The molecule has 0 bridgehead atoms. The fourth-order valence-electron chi connectivity index (χ4n) is 1.97. The lowest BCUT2D eigenvalue weighted by Crippen LogP contribution is -2.30. The highest BCUT2D eigenvalue weighted by Crippen LogP contribution is 2.29. The highest BCUT2D eigenvalue weighted by atomic mass is 35.5. The van der Waals surface area contributed by atoms with Gasteiger partial charge in [-0.05, 0) is 32.9 Å². The van der Waals surface area contributed by atoms with Gasteiger partial charge in [0.15, 0.2) is 0 Å². The fraction of sp³-hybridized carbons (Fsp3) is 0.333. The molecule has 0 radical (unpaired) electrons. The van der Waals surface area contributed by atoms with Gasteiger partial charge in [0.25, 0.3) is 5.91 Å². The number of rotatable bonds is 4. The van der Waals surface area contributed by atoms with Crippen LogP contribution in [0.15, 0.2) is 24.3 Å². The Morgan fingerprint density at radius 2 is 1.85 bits per heavy atom. The largest absolute Gasteiger partial charge is 0.338 e. The molecule has 1 aromatic carbocycles. The maximum absolute atomic E-state index is 12.4. The summed E-state index contributed by atoms with van der Waals surface area (Å²) >= 11 is 7.33. The van der Waals surface area contributed by atoms with Gasteiger partial charge >= 0.3 is 0 Å². The van der Waals surface area contributed by atoms with E-state index in [0.29, 0.717) is 18.1 Å². The number of amides is 1. The van der Waals surface area contributed by atoms with Gasteiger partial charge in [0.05, 0.1) is 5.69 Å². The summed E-state index contributed by atoms with van der Waals surface area (Å²) in [6.07, 6.45) is 0. The van der Waals surface area contributed by atoms with Gasteiger partial charge in [-0.2, -0.15) is 0 Å². The molecular formula is C15H17ClN2OS. The van der Waals surface area contributed by atoms with Crippen LogP contribution in [0.25, 0.3) is 10.6 Å². The normalized spacial score (nSPS) is 10.6. The number of hydrogen-bond acceptors (Lipinski definition) is 3. The second-order valence-corrected chi connectivity index (χ2v) is 5.85. The third-order valence-electron chi connectivity index (χ3n) is 3.13. The van der Waals surface area contributed by atoms with Gasteiger partial charge in [-0.15, -0.1) is 11.3 Å². The quantitative estimate of drug-likeness (QED) is 0.845. The summed E-state index contributed by atoms with van der Waals surface area (Å²) in [5.41, 5.74) is 1.78. The number of benzene rings is 1. The van der Waals surface area contributed by atoms with Crippen LogP contribution < -0.4 is 0 Å². The number of halogens is 1. The molecule has 0 spiro atoms. The molecule has 20 heavy (non-hydrogen) atoms. The van der Waals surface area contributed by atoms with E-state index in [0.717, 1.165) is 21.1 Å². The molecule has 106 valence electrons. The predicted molar refractivity (Wildman–Crippen MR) is 84.5 cm³/mol. The van der Waals surface area contributed by atoms with Crippen molar-refractivity contribution in [1.29, 1.82) is 0 Å². The molecule has 1 aromatic heterocycles. The van der Waals surface area contributed by atoms with E-state index < -0.39 is 0 Å². The zero-order valence-electron chi connectivity index (χ0n) is 11.8. The highest BCUT2D eigenvalue weighted by molar-refractivity contribution is 7.17. The molecule has 1 heterocycles. The molecule has 5 heteroatoms. The van der Waals surface area contributed by atoms with Crippen LogP contribution in [0.1, 0.15) is 29.2 Å². The highest BCUT2D eigenvalue weighted by Gasteiger charge is 2.19. The molecule has 0 saturated heterocycles. The van der Waals surface area contributed by atoms with Crippen LogP contribution in [0, 0.1) is 6.92 Å². The van der Waals surface area contributed by atoms with Crippen molar-refractivity contribution in [2.75, 3.05) is 13.1 Å². The lowest BCUT2D eigenvalue weighted by Gasteiger charge is -2.17. The Labute approximate surface area is 128 Å². The Balaban J connectivity index is 2.34. The number of nitrogens with zero attached hydrogens (tertiary/aromatic N) is 2. The average molecular weight is 309 g/mol. The van der Waals surface area contributed by atoms with E-state index in [2.05, 4.69) is 4.98 Å². The first kappa shape index (κ1) is 15.0. The van der Waals surface area contributed by atoms with Crippen LogP contribution in [-0.2, 0) is 0 Å². The van der Waals surface area contributed by atoms with Gasteiger partial charge in [0.2, 0.25) is 0 Å². The number of aromatic nitrogens is 1. The second kappa shape index (κ2) is 6.37. The van der Waals surface area contributed by atoms with E-state index in [1.165, 1.54) is 11.3 Å². The Morgan fingerprint density at radius 1 is 1.25 bits per heavy atom. The molecule has 0 N–H and O–H groups in total. The first-order valence-electron chi connectivity index (χ1n) is 6.59. The average Bonchev–Trinajstić information content (AvgIpc) is 2.83. The van der Waals surface area contributed by atoms with Gasteiger partial charge in [0, 0.05) is 23.7 Å². The van der Waals surface area contributed by atoms with E-state index in [-0.39, 0.29) is 5.91 Å². The molecule has 0 saturated carbocycles. The Morgan fingerprint density at radius 3 is 2.40 bits per heavy atom. The summed E-state index contributed by atoms with van der Waals surface area (Å²) in [6, 6.07) is 7.51. The molecule has 0 aliphatic heterocycles. The number of hydrogen-bond donors (Lipinski definition) is 0. The van der Waals surface area contributed by atoms with E-state index in [1.54, 1.807) is 0 Å². The van der Waals surface area contributed by atoms with E-state index >= 15 is 0 Å². The van der Waals surface area contributed by atoms with Crippen LogP contribution in [0.2, 0.25) is 5.02 Å². The van der Waals surface area contributed by atoms with Crippen LogP contribution in [0.4, 0.5) is 0 Å². The Bertz CT molecular complexity index is 603. The summed E-state index contributed by atoms with van der Waals surface area (Å²) in [6.45, 7) is 7.27. The molecule has 0 aliphatic rings. The fourth-order valence-corrected chi connectivity index (χ4v) is 3.13. The van der Waals surface area contributed by atoms with Gasteiger partial charge in [-0.1, -0.05) is 23.7 Å². The molecule has 2 rings (SSSR count). The maximum Gasteiger partial charge on any atom is 0.265 e. The van der Waals surface area contributed by atoms with Crippen LogP contribution in [0.3, 0.4) is 0 Å². The first-order chi connectivity index (χ1) is 9.56. The van der Waals surface area contributed by atoms with E-state index in [4.69, 9.17) is 11.6 Å². The molecule has 3 nitrogen and oxygen atoms in total. The van der Waals surface area contributed by atoms with Crippen molar-refractivity contribution in [2.24, 2.45) is 0 Å². The minimum Gasteiger partial charge on any atom is -0.338 e. The van der Waals surface area contributed by atoms with Gasteiger partial charge < -0.3 is 4.90 Å². The van der Waals surface area contributed by atoms with Crippen LogP contribution >= 0.6 is 22.9 Å². The third kappa shape index (κ3) is 3.02.